The normalized spacial score (nSPS) is 11.1. The van der Waals surface area contributed by atoms with Crippen LogP contribution in [0.1, 0.15) is 5.56 Å². The predicted molar refractivity (Wildman–Crippen MR) is 107 cm³/mol. The number of esters is 1. The van der Waals surface area contributed by atoms with E-state index in [4.69, 9.17) is 9.15 Å². The van der Waals surface area contributed by atoms with E-state index in [-0.39, 0.29) is 0 Å². The quantitative estimate of drug-likeness (QED) is 0.282. The van der Waals surface area contributed by atoms with Gasteiger partial charge in [0.25, 0.3) is 0 Å². The summed E-state index contributed by atoms with van der Waals surface area (Å²) < 4.78 is 11.4. The second-order valence-electron chi connectivity index (χ2n) is 5.78. The number of benzene rings is 3. The molecule has 0 spiro atoms. The molecule has 0 saturated heterocycles. The maximum Gasteiger partial charge on any atom is 0.396 e. The smallest absolute Gasteiger partial charge is 0.396 e. The summed E-state index contributed by atoms with van der Waals surface area (Å²) >= 11 is 0.981. The maximum absolute atomic E-state index is 12.2. The summed E-state index contributed by atoms with van der Waals surface area (Å²) in [5.74, 6) is -0.130. The van der Waals surface area contributed by atoms with E-state index in [0.717, 1.165) is 22.5 Å². The van der Waals surface area contributed by atoms with Crippen molar-refractivity contribution in [3.05, 3.63) is 94.2 Å². The van der Waals surface area contributed by atoms with Crippen LogP contribution < -0.4 is 9.68 Å². The van der Waals surface area contributed by atoms with Crippen LogP contribution in [0.2, 0.25) is 0 Å². The van der Waals surface area contributed by atoms with Crippen molar-refractivity contribution in [2.24, 2.45) is 0 Å². The summed E-state index contributed by atoms with van der Waals surface area (Å²) in [6.07, 6.45) is 3.06. The highest BCUT2D eigenvalue weighted by Gasteiger charge is 2.14. The van der Waals surface area contributed by atoms with Crippen molar-refractivity contribution in [3.63, 3.8) is 0 Å². The van der Waals surface area contributed by atoms with E-state index in [1.807, 2.05) is 60.7 Å². The van der Waals surface area contributed by atoms with Crippen molar-refractivity contribution in [2.45, 2.75) is 0 Å². The van der Waals surface area contributed by atoms with Gasteiger partial charge < -0.3 is 9.15 Å². The largest absolute Gasteiger partial charge is 0.423 e. The third-order valence-electron chi connectivity index (χ3n) is 3.92. The SMILES string of the molecule is O=C(/C=C/c1ccccc1)Oc1cc(-c2ccccc2)c2oc(=O)sc2c1. The minimum Gasteiger partial charge on any atom is -0.423 e. The Balaban J connectivity index is 1.67. The highest BCUT2D eigenvalue weighted by molar-refractivity contribution is 7.16. The Bertz CT molecular complexity index is 1170. The molecule has 4 aromatic rings. The van der Waals surface area contributed by atoms with Gasteiger partial charge in [0, 0.05) is 17.7 Å². The zero-order valence-electron chi connectivity index (χ0n) is 14.1. The van der Waals surface area contributed by atoms with Crippen LogP contribution in [-0.2, 0) is 4.79 Å². The van der Waals surface area contributed by atoms with Crippen molar-refractivity contribution < 1.29 is 13.9 Å². The Labute approximate surface area is 159 Å². The maximum atomic E-state index is 12.2. The molecule has 0 aliphatic heterocycles. The Morgan fingerprint density at radius 3 is 2.41 bits per heavy atom. The van der Waals surface area contributed by atoms with Gasteiger partial charge >= 0.3 is 10.9 Å². The van der Waals surface area contributed by atoms with Crippen molar-refractivity contribution in [2.75, 3.05) is 0 Å². The van der Waals surface area contributed by atoms with Gasteiger partial charge in [-0.15, -0.1) is 0 Å². The number of carbonyl (C=O) groups excluding carboxylic acids is 1. The van der Waals surface area contributed by atoms with Crippen LogP contribution in [0.4, 0.5) is 0 Å². The topological polar surface area (TPSA) is 56.5 Å². The molecule has 1 aromatic heterocycles. The first kappa shape index (κ1) is 17.0. The fraction of sp³-hybridized carbons (Fsp3) is 0. The summed E-state index contributed by atoms with van der Waals surface area (Å²) in [6.45, 7) is 0. The predicted octanol–water partition coefficient (Wildman–Crippen LogP) is 5.14. The highest BCUT2D eigenvalue weighted by atomic mass is 32.1. The molecule has 4 rings (SSSR count). The summed E-state index contributed by atoms with van der Waals surface area (Å²) in [7, 11) is 0. The average Bonchev–Trinajstić information content (AvgIpc) is 3.07. The zero-order chi connectivity index (χ0) is 18.6. The van der Waals surface area contributed by atoms with Crippen LogP contribution in [0, 0.1) is 0 Å². The molecular formula is C22H14O4S. The molecule has 5 heteroatoms. The Morgan fingerprint density at radius 2 is 1.67 bits per heavy atom. The lowest BCUT2D eigenvalue weighted by Crippen LogP contribution is -2.03. The molecular weight excluding hydrogens is 360 g/mol. The van der Waals surface area contributed by atoms with Gasteiger partial charge in [0.1, 0.15) is 5.75 Å². The summed E-state index contributed by atoms with van der Waals surface area (Å²) in [5, 5.41) is 0. The van der Waals surface area contributed by atoms with Crippen molar-refractivity contribution >= 4 is 33.7 Å². The zero-order valence-corrected chi connectivity index (χ0v) is 14.9. The first-order valence-electron chi connectivity index (χ1n) is 8.27. The lowest BCUT2D eigenvalue weighted by Gasteiger charge is -2.06. The first-order chi connectivity index (χ1) is 13.2. The monoisotopic (exact) mass is 374 g/mol. The standard InChI is InChI=1S/C22H14O4S/c23-20(12-11-15-7-3-1-4-8-15)25-17-13-18(16-9-5-2-6-10-16)21-19(14-17)27-22(24)26-21/h1-14H/b12-11+. The van der Waals surface area contributed by atoms with Gasteiger partial charge in [-0.25, -0.2) is 9.59 Å². The van der Waals surface area contributed by atoms with Gasteiger partial charge in [0.05, 0.1) is 4.70 Å². The molecule has 0 bridgehead atoms. The molecule has 1 heterocycles. The molecule has 132 valence electrons. The van der Waals surface area contributed by atoms with Crippen molar-refractivity contribution in [1.29, 1.82) is 0 Å². The fourth-order valence-corrected chi connectivity index (χ4v) is 3.45. The van der Waals surface area contributed by atoms with Crippen LogP contribution in [0.25, 0.3) is 27.5 Å². The molecule has 0 N–H and O–H groups in total. The third kappa shape index (κ3) is 3.88. The van der Waals surface area contributed by atoms with Gasteiger partial charge in [0.15, 0.2) is 5.58 Å². The average molecular weight is 374 g/mol. The number of hydrogen-bond acceptors (Lipinski definition) is 5. The number of rotatable bonds is 4. The summed E-state index contributed by atoms with van der Waals surface area (Å²) in [4.78, 5) is 23.5. The minimum atomic E-state index is -0.493. The molecule has 0 aliphatic rings. The highest BCUT2D eigenvalue weighted by Crippen LogP contribution is 2.34. The van der Waals surface area contributed by atoms with E-state index in [0.29, 0.717) is 21.6 Å². The second-order valence-corrected chi connectivity index (χ2v) is 6.76. The number of ether oxygens (including phenoxy) is 1. The minimum absolute atomic E-state index is 0.362. The van der Waals surface area contributed by atoms with Gasteiger partial charge in [-0.2, -0.15) is 0 Å². The van der Waals surface area contributed by atoms with E-state index < -0.39 is 10.9 Å². The lowest BCUT2D eigenvalue weighted by molar-refractivity contribution is -0.128. The number of fused-ring (bicyclic) bond motifs is 1. The van der Waals surface area contributed by atoms with Crippen LogP contribution in [0.5, 0.6) is 5.75 Å². The molecule has 0 fully saturated rings. The molecule has 27 heavy (non-hydrogen) atoms. The molecule has 0 saturated carbocycles. The summed E-state index contributed by atoms with van der Waals surface area (Å²) in [5.41, 5.74) is 2.99. The van der Waals surface area contributed by atoms with Crippen molar-refractivity contribution in [3.8, 4) is 16.9 Å². The number of carbonyl (C=O) groups is 1. The lowest BCUT2D eigenvalue weighted by atomic mass is 10.0. The van der Waals surface area contributed by atoms with Gasteiger partial charge in [-0.05, 0) is 23.3 Å². The Morgan fingerprint density at radius 1 is 0.963 bits per heavy atom. The second kappa shape index (κ2) is 7.43. The molecule has 0 unspecified atom stereocenters. The molecule has 4 nitrogen and oxygen atoms in total. The third-order valence-corrected chi connectivity index (χ3v) is 4.69. The number of hydrogen-bond donors (Lipinski definition) is 0. The van der Waals surface area contributed by atoms with E-state index in [2.05, 4.69) is 0 Å². The molecule has 0 radical (unpaired) electrons. The fourth-order valence-electron chi connectivity index (χ4n) is 2.72. The van der Waals surface area contributed by atoms with Gasteiger partial charge in [-0.1, -0.05) is 72.0 Å². The Hall–Kier alpha value is -3.44. The molecule has 0 amide bonds. The van der Waals surface area contributed by atoms with Crippen LogP contribution in [0.3, 0.4) is 0 Å². The molecule has 0 atom stereocenters. The van der Waals surface area contributed by atoms with Crippen LogP contribution >= 0.6 is 11.3 Å². The molecule has 3 aromatic carbocycles. The molecule has 0 aliphatic carbocycles. The van der Waals surface area contributed by atoms with Gasteiger partial charge in [0.2, 0.25) is 0 Å². The van der Waals surface area contributed by atoms with E-state index in [9.17, 15) is 9.59 Å². The van der Waals surface area contributed by atoms with E-state index in [1.165, 1.54) is 6.08 Å². The van der Waals surface area contributed by atoms with Crippen molar-refractivity contribution in [1.82, 2.24) is 0 Å². The van der Waals surface area contributed by atoms with Gasteiger partial charge in [-0.3, -0.25) is 0 Å². The summed E-state index contributed by atoms with van der Waals surface area (Å²) in [6, 6.07) is 22.4. The van der Waals surface area contributed by atoms with Crippen LogP contribution in [0.15, 0.2) is 88.1 Å². The Kier molecular flexibility index (Phi) is 4.68. The van der Waals surface area contributed by atoms with Crippen LogP contribution in [-0.4, -0.2) is 5.97 Å². The van der Waals surface area contributed by atoms with E-state index >= 15 is 0 Å². The first-order valence-corrected chi connectivity index (χ1v) is 9.09. The van der Waals surface area contributed by atoms with E-state index in [1.54, 1.807) is 18.2 Å².